The standard InChI is InChI=1S/C21H16FN3O7S3/c1-31-32-34-14-6-4-12-9-18(26)25(20(27)15(12)11-14)17-7-5-13(10-16(17)22)23-21(28)24-35(29,30)19-3-2-8-33-19/h2-11,27H,1H3,(H2,23,24,28). The SMILES string of the molecule is COOSc1ccc2cc(=O)n(-c3ccc(NC(=O)NS(=O)(=O)c4cccs4)cc3F)c(O)c2c1. The third kappa shape index (κ3) is 5.31. The number of urea groups is 1. The van der Waals surface area contributed by atoms with Crippen LogP contribution in [-0.4, -0.2) is 31.2 Å². The fraction of sp³-hybridized carbons (Fsp3) is 0.0476. The van der Waals surface area contributed by atoms with Crippen LogP contribution in [0.5, 0.6) is 5.88 Å². The zero-order valence-electron chi connectivity index (χ0n) is 17.7. The van der Waals surface area contributed by atoms with Gasteiger partial charge >= 0.3 is 6.03 Å². The molecule has 0 fully saturated rings. The number of aromatic hydroxyl groups is 1. The Morgan fingerprint density at radius 1 is 1.17 bits per heavy atom. The van der Waals surface area contributed by atoms with Crippen molar-refractivity contribution < 1.29 is 31.9 Å². The minimum Gasteiger partial charge on any atom is -0.494 e. The molecule has 0 spiro atoms. The molecule has 4 rings (SSSR count). The quantitative estimate of drug-likeness (QED) is 0.183. The highest BCUT2D eigenvalue weighted by Gasteiger charge is 2.20. The van der Waals surface area contributed by atoms with Gasteiger partial charge in [-0.3, -0.25) is 4.79 Å². The number of aromatic nitrogens is 1. The van der Waals surface area contributed by atoms with Gasteiger partial charge in [-0.05, 0) is 47.2 Å². The predicted octanol–water partition coefficient (Wildman–Crippen LogP) is 3.99. The zero-order chi connectivity index (χ0) is 25.2. The van der Waals surface area contributed by atoms with Gasteiger partial charge in [0.1, 0.15) is 10.0 Å². The first kappa shape index (κ1) is 24.7. The lowest BCUT2D eigenvalue weighted by Gasteiger charge is -2.14. The number of sulfonamides is 1. The van der Waals surface area contributed by atoms with Crippen LogP contribution in [0.1, 0.15) is 0 Å². The van der Waals surface area contributed by atoms with Crippen molar-refractivity contribution in [3.05, 3.63) is 76.1 Å². The third-order valence-corrected chi connectivity index (χ3v) is 7.99. The molecule has 14 heteroatoms. The monoisotopic (exact) mass is 537 g/mol. The number of carbonyl (C=O) groups excluding carboxylic acids is 1. The van der Waals surface area contributed by atoms with Crippen molar-refractivity contribution in [3.63, 3.8) is 0 Å². The first-order valence-corrected chi connectivity index (χ1v) is 12.7. The number of carbonyl (C=O) groups is 1. The number of rotatable bonds is 7. The van der Waals surface area contributed by atoms with Crippen molar-refractivity contribution in [2.45, 2.75) is 9.10 Å². The number of anilines is 1. The van der Waals surface area contributed by atoms with Crippen molar-refractivity contribution in [1.29, 1.82) is 0 Å². The summed E-state index contributed by atoms with van der Waals surface area (Å²) in [7, 11) is -2.74. The number of nitrogens with one attached hydrogen (secondary N) is 2. The molecule has 182 valence electrons. The minimum atomic E-state index is -4.07. The van der Waals surface area contributed by atoms with E-state index in [9.17, 15) is 27.5 Å². The van der Waals surface area contributed by atoms with E-state index in [2.05, 4.69) is 10.2 Å². The molecule has 0 aliphatic carbocycles. The number of hydrogen-bond acceptors (Lipinski definition) is 9. The van der Waals surface area contributed by atoms with Crippen molar-refractivity contribution in [3.8, 4) is 11.6 Å². The van der Waals surface area contributed by atoms with Crippen LogP contribution in [0, 0.1) is 5.82 Å². The Morgan fingerprint density at radius 2 is 1.97 bits per heavy atom. The number of amides is 2. The summed E-state index contributed by atoms with van der Waals surface area (Å²) in [5.74, 6) is -1.46. The predicted molar refractivity (Wildman–Crippen MR) is 129 cm³/mol. The molecule has 0 saturated carbocycles. The van der Waals surface area contributed by atoms with E-state index in [1.165, 1.54) is 42.8 Å². The normalized spacial score (nSPS) is 11.5. The number of benzene rings is 2. The van der Waals surface area contributed by atoms with Crippen LogP contribution in [-0.2, 0) is 19.2 Å². The summed E-state index contributed by atoms with van der Waals surface area (Å²) in [6, 6.07) is 11.1. The fourth-order valence-corrected chi connectivity index (χ4v) is 5.48. The number of fused-ring (bicyclic) bond motifs is 1. The summed E-state index contributed by atoms with van der Waals surface area (Å²) in [6.07, 6.45) is 0. The van der Waals surface area contributed by atoms with Crippen LogP contribution < -0.4 is 15.6 Å². The summed E-state index contributed by atoms with van der Waals surface area (Å²) in [5, 5.41) is 15.2. The minimum absolute atomic E-state index is 0.0596. The van der Waals surface area contributed by atoms with Gasteiger partial charge in [-0.25, -0.2) is 31.8 Å². The molecule has 0 bridgehead atoms. The highest BCUT2D eigenvalue weighted by atomic mass is 32.2. The molecule has 10 nitrogen and oxygen atoms in total. The van der Waals surface area contributed by atoms with E-state index in [1.54, 1.807) is 12.1 Å². The second-order valence-electron chi connectivity index (χ2n) is 6.87. The maximum absolute atomic E-state index is 15.0. The molecular formula is C21H16FN3O7S3. The molecule has 0 aliphatic rings. The molecule has 4 aromatic rings. The van der Waals surface area contributed by atoms with Crippen LogP contribution in [0.15, 0.2) is 73.9 Å². The van der Waals surface area contributed by atoms with E-state index < -0.39 is 33.3 Å². The smallest absolute Gasteiger partial charge is 0.333 e. The first-order valence-electron chi connectivity index (χ1n) is 9.63. The number of hydrogen-bond donors (Lipinski definition) is 3. The lowest BCUT2D eigenvalue weighted by Crippen LogP contribution is -2.34. The van der Waals surface area contributed by atoms with Crippen LogP contribution in [0.2, 0.25) is 0 Å². The van der Waals surface area contributed by atoms with Gasteiger partial charge in [0.2, 0.25) is 5.88 Å². The van der Waals surface area contributed by atoms with Gasteiger partial charge in [-0.15, -0.1) is 11.3 Å². The van der Waals surface area contributed by atoms with Gasteiger partial charge in [0, 0.05) is 22.0 Å². The molecule has 0 aliphatic heterocycles. The Labute approximate surface area is 206 Å². The summed E-state index contributed by atoms with van der Waals surface area (Å²) in [5.41, 5.74) is -1.05. The van der Waals surface area contributed by atoms with Crippen LogP contribution in [0.3, 0.4) is 0 Å². The lowest BCUT2D eigenvalue weighted by molar-refractivity contribution is -0.160. The van der Waals surface area contributed by atoms with E-state index in [1.807, 2.05) is 4.72 Å². The van der Waals surface area contributed by atoms with Gasteiger partial charge in [0.05, 0.1) is 24.8 Å². The molecular weight excluding hydrogens is 521 g/mol. The molecule has 2 aromatic heterocycles. The van der Waals surface area contributed by atoms with E-state index >= 15 is 0 Å². The van der Waals surface area contributed by atoms with Crippen LogP contribution in [0.4, 0.5) is 14.9 Å². The van der Waals surface area contributed by atoms with Crippen molar-refractivity contribution in [2.75, 3.05) is 12.4 Å². The van der Waals surface area contributed by atoms with Gasteiger partial charge < -0.3 is 10.4 Å². The van der Waals surface area contributed by atoms with Crippen molar-refractivity contribution >= 4 is 55.9 Å². The van der Waals surface area contributed by atoms with E-state index in [-0.39, 0.29) is 21.0 Å². The molecule has 2 aromatic carbocycles. The van der Waals surface area contributed by atoms with Gasteiger partial charge in [-0.1, -0.05) is 12.1 Å². The summed E-state index contributed by atoms with van der Waals surface area (Å²) < 4.78 is 46.6. The highest BCUT2D eigenvalue weighted by molar-refractivity contribution is 7.94. The van der Waals surface area contributed by atoms with E-state index in [0.29, 0.717) is 10.3 Å². The second kappa shape index (κ2) is 10.1. The maximum Gasteiger partial charge on any atom is 0.333 e. The van der Waals surface area contributed by atoms with Crippen molar-refractivity contribution in [2.24, 2.45) is 0 Å². The number of pyridine rings is 1. The Kier molecular flexibility index (Phi) is 7.09. The van der Waals surface area contributed by atoms with Gasteiger partial charge in [0.25, 0.3) is 15.6 Å². The molecule has 0 saturated heterocycles. The summed E-state index contributed by atoms with van der Waals surface area (Å²) >= 11 is 1.81. The largest absolute Gasteiger partial charge is 0.494 e. The van der Waals surface area contributed by atoms with E-state index in [0.717, 1.165) is 40.1 Å². The average molecular weight is 538 g/mol. The number of thiophene rings is 1. The van der Waals surface area contributed by atoms with Crippen LogP contribution in [0.25, 0.3) is 16.5 Å². The Morgan fingerprint density at radius 3 is 2.66 bits per heavy atom. The number of nitrogens with zero attached hydrogens (tertiary/aromatic N) is 1. The molecule has 3 N–H and O–H groups in total. The first-order chi connectivity index (χ1) is 16.7. The summed E-state index contributed by atoms with van der Waals surface area (Å²) in [4.78, 5) is 29.8. The average Bonchev–Trinajstić information content (AvgIpc) is 3.35. The third-order valence-electron chi connectivity index (χ3n) is 4.61. The molecule has 2 amide bonds. The molecule has 0 atom stereocenters. The lowest BCUT2D eigenvalue weighted by atomic mass is 10.1. The second-order valence-corrected chi connectivity index (χ2v) is 10.5. The van der Waals surface area contributed by atoms with Crippen molar-refractivity contribution in [1.82, 2.24) is 9.29 Å². The van der Waals surface area contributed by atoms with Crippen LogP contribution >= 0.6 is 23.4 Å². The molecule has 2 heterocycles. The Bertz CT molecular complexity index is 1570. The van der Waals surface area contributed by atoms with Gasteiger partial charge in [-0.2, -0.15) is 4.33 Å². The fourth-order valence-electron chi connectivity index (χ4n) is 3.15. The molecule has 0 radical (unpaired) electrons. The summed E-state index contributed by atoms with van der Waals surface area (Å²) in [6.45, 7) is 0. The maximum atomic E-state index is 15.0. The van der Waals surface area contributed by atoms with Gasteiger partial charge in [0.15, 0.2) is 0 Å². The molecule has 0 unspecified atom stereocenters. The Hall–Kier alpha value is -3.43. The van der Waals surface area contributed by atoms with E-state index in [4.69, 9.17) is 4.33 Å². The zero-order valence-corrected chi connectivity index (χ0v) is 20.2. The topological polar surface area (TPSA) is 136 Å². The Balaban J connectivity index is 1.62. The number of halogens is 1. The highest BCUT2D eigenvalue weighted by Crippen LogP contribution is 2.31. The molecule has 35 heavy (non-hydrogen) atoms.